The van der Waals surface area contributed by atoms with Crippen molar-refractivity contribution >= 4 is 75.6 Å². The van der Waals surface area contributed by atoms with E-state index < -0.39 is 124 Å². The third-order valence-electron chi connectivity index (χ3n) is 12.4. The number of aromatic nitrogens is 2. The number of aliphatic hydroxyl groups excluding tert-OH is 2. The van der Waals surface area contributed by atoms with E-state index >= 15 is 0 Å². The van der Waals surface area contributed by atoms with Gasteiger partial charge in [0.2, 0.25) is 5.43 Å². The standard InChI is InChI=1S/C49H48Cl2N3O26P3/c1-49(2,3)46(74-20-26-18-53(48(62)52-47(26)61)38-17-33(58)37(77-38)21-76-82(68,69)80-83(70,71)79-81(65,66)67)27-15-35(72-4)24(14-31(27)54(63)64)8-6-7-9-32(57)23-10-11-34(75-22-56)28(12-23)39-29-13-25(19-55)42(59)40(50)44(29)78-45-30(39)16-36(73-5)43(60)41(45)51/h10-16,18,22,33,37-38,46,55,58-59H,7,9,17,19-21H2,1-5H3,(H,68,69)(H,70,71)(H,52,61,62)(H2,65,66,67)/t33?,37-,38-,46-/m1/s1. The average molecular weight is 1260 g/mol. The number of phosphoric acid groups is 3. The number of aliphatic hydroxyl groups is 2. The Morgan fingerprint density at radius 3 is 2.29 bits per heavy atom. The highest BCUT2D eigenvalue weighted by atomic mass is 35.5. The van der Waals surface area contributed by atoms with Gasteiger partial charge in [-0.05, 0) is 41.8 Å². The Balaban J connectivity index is 1.12. The Hall–Kier alpha value is -6.64. The van der Waals surface area contributed by atoms with Crippen molar-refractivity contribution in [2.75, 3.05) is 20.8 Å². The molecule has 444 valence electrons. The first kappa shape index (κ1) is 63.9. The summed E-state index contributed by atoms with van der Waals surface area (Å²) in [6, 6.07) is 9.17. The predicted octanol–water partition coefficient (Wildman–Crippen LogP) is 6.69. The topological polar surface area (TPSA) is 429 Å². The van der Waals surface area contributed by atoms with Crippen LogP contribution >= 0.6 is 46.7 Å². The lowest BCUT2D eigenvalue weighted by atomic mass is 9.83. The van der Waals surface area contributed by atoms with E-state index in [2.05, 4.69) is 30.0 Å². The summed E-state index contributed by atoms with van der Waals surface area (Å²) in [6.07, 6.45) is -5.46. The molecule has 1 aromatic heterocycles. The number of carbonyl (C=O) groups is 2. The number of ether oxygens (including phenoxy) is 5. The number of halogens is 2. The molecule has 0 radical (unpaired) electrons. The molecule has 7 rings (SSSR count). The molecular weight excluding hydrogens is 1210 g/mol. The SMILES string of the molecule is COc1cc([C@@H](OCc2cn([C@H]3CC(O)[C@@H](COP(=O)(O)OP(=O)(O)OP(=O)(O)O)O3)c(=O)[nH]c2=O)C(C)(C)C)c([N+](=O)[O-])cc1C#CCCC(=O)c1ccc(OC=O)c(-c2c3cc(OC)c(=O)c(Cl)c-3oc3c(Cl)c(O)c(CO)cc23)c1. The minimum absolute atomic E-state index is 0.0267. The highest BCUT2D eigenvalue weighted by Gasteiger charge is 2.43. The molecule has 3 aromatic carbocycles. The summed E-state index contributed by atoms with van der Waals surface area (Å²) in [5.74, 6) is 4.14. The number of methoxy groups -OCH3 is 2. The molecular formula is C49H48Cl2N3O26P3. The Bertz CT molecular complexity index is 3940. The smallest absolute Gasteiger partial charge is 0.490 e. The van der Waals surface area contributed by atoms with Crippen LogP contribution in [0.15, 0.2) is 67.5 Å². The molecule has 0 amide bonds. The van der Waals surface area contributed by atoms with Gasteiger partial charge in [-0.3, -0.25) is 43.4 Å². The first-order chi connectivity index (χ1) is 38.8. The summed E-state index contributed by atoms with van der Waals surface area (Å²) in [7, 11) is -14.7. The number of nitro groups is 1. The fourth-order valence-electron chi connectivity index (χ4n) is 8.73. The highest BCUT2D eigenvalue weighted by molar-refractivity contribution is 7.66. The maximum absolute atomic E-state index is 13.9. The van der Waals surface area contributed by atoms with Gasteiger partial charge in [0.1, 0.15) is 39.6 Å². The molecule has 0 bridgehead atoms. The number of benzene rings is 4. The predicted molar refractivity (Wildman–Crippen MR) is 288 cm³/mol. The fraction of sp³-hybridized carbons (Fsp3) is 0.327. The van der Waals surface area contributed by atoms with Gasteiger partial charge in [-0.1, -0.05) is 55.8 Å². The van der Waals surface area contributed by atoms with Crippen molar-refractivity contribution in [3.05, 3.63) is 128 Å². The van der Waals surface area contributed by atoms with Crippen LogP contribution in [-0.2, 0) is 54.3 Å². The van der Waals surface area contributed by atoms with Crippen LogP contribution in [0.5, 0.6) is 23.0 Å². The molecule has 3 aliphatic rings. The monoisotopic (exact) mass is 1260 g/mol. The molecule has 83 heavy (non-hydrogen) atoms. The molecule has 8 N–H and O–H groups in total. The van der Waals surface area contributed by atoms with Gasteiger partial charge in [0, 0.05) is 64.7 Å². The molecule has 1 aliphatic carbocycles. The normalized spacial score (nSPS) is 17.3. The number of aromatic amines is 1. The van der Waals surface area contributed by atoms with E-state index in [0.29, 0.717) is 0 Å². The Morgan fingerprint density at radius 2 is 1.66 bits per heavy atom. The van der Waals surface area contributed by atoms with Crippen molar-refractivity contribution in [3.8, 4) is 57.3 Å². The summed E-state index contributed by atoms with van der Waals surface area (Å²) >= 11 is 13.0. The number of rotatable bonds is 22. The largest absolute Gasteiger partial charge is 0.506 e. The average Bonchev–Trinajstić information content (AvgIpc) is 1.66. The molecule has 3 heterocycles. The first-order valence-corrected chi connectivity index (χ1v) is 29.1. The Labute approximate surface area is 476 Å². The molecule has 6 atom stereocenters. The van der Waals surface area contributed by atoms with Crippen molar-refractivity contribution in [1.82, 2.24) is 9.55 Å². The van der Waals surface area contributed by atoms with Crippen molar-refractivity contribution in [2.45, 2.75) is 77.8 Å². The first-order valence-electron chi connectivity index (χ1n) is 23.8. The van der Waals surface area contributed by atoms with E-state index in [0.717, 1.165) is 16.8 Å². The van der Waals surface area contributed by atoms with Gasteiger partial charge in [0.25, 0.3) is 17.7 Å². The number of carbonyl (C=O) groups excluding carboxylic acids is 2. The van der Waals surface area contributed by atoms with Gasteiger partial charge in [-0.15, -0.1) is 0 Å². The maximum Gasteiger partial charge on any atom is 0.490 e. The summed E-state index contributed by atoms with van der Waals surface area (Å²) in [5, 5.41) is 43.6. The third-order valence-corrected chi connectivity index (χ3v) is 16.9. The lowest BCUT2D eigenvalue weighted by molar-refractivity contribution is -0.386. The zero-order valence-electron chi connectivity index (χ0n) is 43.6. The van der Waals surface area contributed by atoms with Gasteiger partial charge in [-0.25, -0.2) is 18.5 Å². The quantitative estimate of drug-likeness (QED) is 0.00667. The van der Waals surface area contributed by atoms with E-state index in [1.54, 1.807) is 20.8 Å². The van der Waals surface area contributed by atoms with Crippen molar-refractivity contribution < 1.29 is 104 Å². The summed E-state index contributed by atoms with van der Waals surface area (Å²) in [5.41, 5.74) is -4.31. The van der Waals surface area contributed by atoms with Gasteiger partial charge in [0.15, 0.2) is 22.9 Å². The highest BCUT2D eigenvalue weighted by Crippen LogP contribution is 2.66. The Kier molecular flexibility index (Phi) is 19.5. The molecule has 29 nitrogen and oxygen atoms in total. The van der Waals surface area contributed by atoms with Crippen LogP contribution in [0.4, 0.5) is 5.69 Å². The minimum Gasteiger partial charge on any atom is -0.506 e. The number of Topliss-reactive ketones (excluding diaryl/α,β-unsaturated/α-hetero) is 1. The number of nitrogens with one attached hydrogen (secondary N) is 1. The second-order valence-electron chi connectivity index (χ2n) is 19.0. The number of aromatic hydroxyl groups is 1. The van der Waals surface area contributed by atoms with Crippen molar-refractivity contribution in [3.63, 3.8) is 0 Å². The number of phosphoric ester groups is 1. The van der Waals surface area contributed by atoms with Crippen LogP contribution in [0.3, 0.4) is 0 Å². The third kappa shape index (κ3) is 14.5. The van der Waals surface area contributed by atoms with Crippen LogP contribution in [0.25, 0.3) is 33.4 Å². The second kappa shape index (κ2) is 25.3. The number of nitro benzene ring substituents is 1. The van der Waals surface area contributed by atoms with E-state index in [-0.39, 0.29) is 103 Å². The summed E-state index contributed by atoms with van der Waals surface area (Å²) in [6.45, 7) is 2.82. The number of nitrogens with zero attached hydrogens (tertiary/aromatic N) is 2. The number of ketones is 1. The van der Waals surface area contributed by atoms with E-state index in [1.807, 2.05) is 0 Å². The van der Waals surface area contributed by atoms with Gasteiger partial charge in [-0.2, -0.15) is 8.62 Å². The van der Waals surface area contributed by atoms with Gasteiger partial charge < -0.3 is 63.0 Å². The molecule has 4 aromatic rings. The van der Waals surface area contributed by atoms with Crippen LogP contribution in [0, 0.1) is 27.4 Å². The molecule has 3 unspecified atom stereocenters. The number of hydrogen-bond acceptors (Lipinski definition) is 22. The number of fused-ring (bicyclic) bond motifs is 2. The van der Waals surface area contributed by atoms with Gasteiger partial charge >= 0.3 is 29.2 Å². The number of hydrogen-bond donors (Lipinski definition) is 8. The zero-order valence-corrected chi connectivity index (χ0v) is 47.8. The maximum atomic E-state index is 13.9. The lowest BCUT2D eigenvalue weighted by Crippen LogP contribution is -2.35. The molecule has 1 fully saturated rings. The van der Waals surface area contributed by atoms with Gasteiger partial charge in [0.05, 0.1) is 67.9 Å². The summed E-state index contributed by atoms with van der Waals surface area (Å²) < 4.78 is 81.6. The molecule has 34 heteroatoms. The second-order valence-corrected chi connectivity index (χ2v) is 24.2. The van der Waals surface area contributed by atoms with Crippen molar-refractivity contribution in [1.29, 1.82) is 0 Å². The minimum atomic E-state index is -5.87. The van der Waals surface area contributed by atoms with Crippen molar-refractivity contribution in [2.24, 2.45) is 5.41 Å². The fourth-order valence-corrected chi connectivity index (χ4v) is 12.3. The molecule has 0 spiro atoms. The number of phenols is 1. The molecule has 1 saturated heterocycles. The van der Waals surface area contributed by atoms with Crippen LogP contribution < -0.4 is 30.9 Å². The van der Waals surface area contributed by atoms with E-state index in [9.17, 15) is 72.9 Å². The Morgan fingerprint density at radius 1 is 0.964 bits per heavy atom. The summed E-state index contributed by atoms with van der Waals surface area (Å²) in [4.78, 5) is 116. The molecule has 2 aliphatic heterocycles. The van der Waals surface area contributed by atoms with Crippen LogP contribution in [0.1, 0.15) is 85.0 Å². The zero-order chi connectivity index (χ0) is 61.3. The van der Waals surface area contributed by atoms with E-state index in [1.165, 1.54) is 50.6 Å². The number of H-pyrrole nitrogens is 1. The van der Waals surface area contributed by atoms with Crippen LogP contribution in [-0.4, -0.2) is 94.7 Å². The van der Waals surface area contributed by atoms with Crippen LogP contribution in [0.2, 0.25) is 10.0 Å². The lowest BCUT2D eigenvalue weighted by Gasteiger charge is -2.31. The van der Waals surface area contributed by atoms with E-state index in [4.69, 9.17) is 61.1 Å². The molecule has 0 saturated carbocycles.